The predicted octanol–water partition coefficient (Wildman–Crippen LogP) is 1.89. The van der Waals surface area contributed by atoms with Crippen LogP contribution in [-0.2, 0) is 9.84 Å². The molecule has 2 heterocycles. The number of hydrogen-bond donors (Lipinski definition) is 1. The van der Waals surface area contributed by atoms with Gasteiger partial charge in [-0.3, -0.25) is 0 Å². The Hall–Kier alpha value is -1.23. The lowest BCUT2D eigenvalue weighted by Crippen LogP contribution is -2.21. The van der Waals surface area contributed by atoms with E-state index in [0.29, 0.717) is 5.75 Å². The SMILES string of the molecule is O=S1(=O)CCC(Nc2ccc(N3CCCC3)cc2)C1. The van der Waals surface area contributed by atoms with Crippen molar-refractivity contribution >= 4 is 21.2 Å². The summed E-state index contributed by atoms with van der Waals surface area (Å²) in [4.78, 5) is 2.39. The molecule has 2 aliphatic heterocycles. The van der Waals surface area contributed by atoms with Crippen LogP contribution in [0.4, 0.5) is 11.4 Å². The van der Waals surface area contributed by atoms with E-state index in [2.05, 4.69) is 34.5 Å². The van der Waals surface area contributed by atoms with Gasteiger partial charge >= 0.3 is 0 Å². The van der Waals surface area contributed by atoms with E-state index in [1.165, 1.54) is 18.5 Å². The normalized spacial score (nSPS) is 25.7. The minimum atomic E-state index is -2.81. The molecule has 2 saturated heterocycles. The molecule has 19 heavy (non-hydrogen) atoms. The van der Waals surface area contributed by atoms with Crippen LogP contribution >= 0.6 is 0 Å². The second kappa shape index (κ2) is 5.04. The van der Waals surface area contributed by atoms with Gasteiger partial charge in [0.25, 0.3) is 0 Å². The lowest BCUT2D eigenvalue weighted by Gasteiger charge is -2.19. The van der Waals surface area contributed by atoms with Gasteiger partial charge in [0.2, 0.25) is 0 Å². The Morgan fingerprint density at radius 1 is 1.11 bits per heavy atom. The Bertz CT molecular complexity index is 533. The van der Waals surface area contributed by atoms with Crippen LogP contribution in [0, 0.1) is 0 Å². The molecule has 0 bridgehead atoms. The fraction of sp³-hybridized carbons (Fsp3) is 0.571. The molecule has 4 nitrogen and oxygen atoms in total. The van der Waals surface area contributed by atoms with E-state index < -0.39 is 9.84 Å². The molecule has 1 unspecified atom stereocenters. The average Bonchev–Trinajstić information content (AvgIpc) is 3.00. The maximum Gasteiger partial charge on any atom is 0.152 e. The molecule has 2 aliphatic rings. The molecule has 5 heteroatoms. The molecule has 0 amide bonds. The van der Waals surface area contributed by atoms with Crippen molar-refractivity contribution in [2.24, 2.45) is 0 Å². The zero-order valence-corrected chi connectivity index (χ0v) is 11.8. The topological polar surface area (TPSA) is 49.4 Å². The first kappa shape index (κ1) is 12.8. The first-order valence-corrected chi connectivity index (χ1v) is 8.76. The van der Waals surface area contributed by atoms with E-state index in [-0.39, 0.29) is 11.8 Å². The summed E-state index contributed by atoms with van der Waals surface area (Å²) < 4.78 is 22.8. The number of nitrogens with one attached hydrogen (secondary N) is 1. The van der Waals surface area contributed by atoms with Gasteiger partial charge in [-0.1, -0.05) is 0 Å². The number of sulfone groups is 1. The fourth-order valence-corrected chi connectivity index (χ4v) is 4.56. The number of nitrogens with zero attached hydrogens (tertiary/aromatic N) is 1. The average molecular weight is 280 g/mol. The predicted molar refractivity (Wildman–Crippen MR) is 78.6 cm³/mol. The van der Waals surface area contributed by atoms with E-state index in [1.807, 2.05) is 0 Å². The summed E-state index contributed by atoms with van der Waals surface area (Å²) in [5, 5.41) is 3.32. The highest BCUT2D eigenvalue weighted by molar-refractivity contribution is 7.91. The summed E-state index contributed by atoms with van der Waals surface area (Å²) in [5.74, 6) is 0.581. The third kappa shape index (κ3) is 3.03. The summed E-state index contributed by atoms with van der Waals surface area (Å²) in [6, 6.07) is 8.42. The largest absolute Gasteiger partial charge is 0.381 e. The Morgan fingerprint density at radius 2 is 1.79 bits per heavy atom. The van der Waals surface area contributed by atoms with Gasteiger partial charge in [-0.2, -0.15) is 0 Å². The number of hydrogen-bond acceptors (Lipinski definition) is 4. The monoisotopic (exact) mass is 280 g/mol. The molecule has 0 aromatic heterocycles. The molecule has 0 aliphatic carbocycles. The minimum Gasteiger partial charge on any atom is -0.381 e. The van der Waals surface area contributed by atoms with E-state index in [0.717, 1.165) is 25.2 Å². The van der Waals surface area contributed by atoms with Gasteiger partial charge in [-0.05, 0) is 43.5 Å². The van der Waals surface area contributed by atoms with Crippen molar-refractivity contribution in [3.05, 3.63) is 24.3 Å². The fourth-order valence-electron chi connectivity index (χ4n) is 2.89. The van der Waals surface area contributed by atoms with Crippen LogP contribution in [0.25, 0.3) is 0 Å². The van der Waals surface area contributed by atoms with Gasteiger partial charge in [0.15, 0.2) is 9.84 Å². The summed E-state index contributed by atoms with van der Waals surface area (Å²) in [6.45, 7) is 2.29. The van der Waals surface area contributed by atoms with Crippen LogP contribution in [-0.4, -0.2) is 39.1 Å². The molecule has 104 valence electrons. The van der Waals surface area contributed by atoms with E-state index in [1.54, 1.807) is 0 Å². The Labute approximate surface area is 114 Å². The molecular formula is C14H20N2O2S. The number of benzene rings is 1. The van der Waals surface area contributed by atoms with E-state index in [9.17, 15) is 8.42 Å². The van der Waals surface area contributed by atoms with Gasteiger partial charge < -0.3 is 10.2 Å². The smallest absolute Gasteiger partial charge is 0.152 e. The highest BCUT2D eigenvalue weighted by Crippen LogP contribution is 2.23. The van der Waals surface area contributed by atoms with Crippen molar-refractivity contribution in [1.82, 2.24) is 0 Å². The molecule has 1 N–H and O–H groups in total. The summed E-state index contributed by atoms with van der Waals surface area (Å²) in [5.41, 5.74) is 2.28. The van der Waals surface area contributed by atoms with E-state index in [4.69, 9.17) is 0 Å². The number of rotatable bonds is 3. The molecule has 2 fully saturated rings. The minimum absolute atomic E-state index is 0.0719. The Kier molecular flexibility index (Phi) is 3.39. The first-order chi connectivity index (χ1) is 9.12. The number of anilines is 2. The van der Waals surface area contributed by atoms with Crippen molar-refractivity contribution in [2.45, 2.75) is 25.3 Å². The Morgan fingerprint density at radius 3 is 2.37 bits per heavy atom. The second-order valence-electron chi connectivity index (χ2n) is 5.49. The molecule has 0 spiro atoms. The van der Waals surface area contributed by atoms with Crippen LogP contribution in [0.5, 0.6) is 0 Å². The highest BCUT2D eigenvalue weighted by atomic mass is 32.2. The van der Waals surface area contributed by atoms with Gasteiger partial charge in [0.05, 0.1) is 11.5 Å². The zero-order chi connectivity index (χ0) is 13.3. The summed E-state index contributed by atoms with van der Waals surface area (Å²) >= 11 is 0. The molecule has 0 radical (unpaired) electrons. The van der Waals surface area contributed by atoms with Gasteiger partial charge in [-0.25, -0.2) is 8.42 Å². The highest BCUT2D eigenvalue weighted by Gasteiger charge is 2.27. The van der Waals surface area contributed by atoms with Crippen LogP contribution in [0.2, 0.25) is 0 Å². The van der Waals surface area contributed by atoms with E-state index >= 15 is 0 Å². The van der Waals surface area contributed by atoms with Gasteiger partial charge in [-0.15, -0.1) is 0 Å². The van der Waals surface area contributed by atoms with Crippen LogP contribution in [0.15, 0.2) is 24.3 Å². The molecule has 0 saturated carbocycles. The summed E-state index contributed by atoms with van der Waals surface area (Å²) in [7, 11) is -2.81. The zero-order valence-electron chi connectivity index (χ0n) is 11.0. The van der Waals surface area contributed by atoms with Crippen molar-refractivity contribution in [2.75, 3.05) is 34.8 Å². The Balaban J connectivity index is 1.63. The maximum atomic E-state index is 11.4. The van der Waals surface area contributed by atoms with Crippen LogP contribution in [0.3, 0.4) is 0 Å². The van der Waals surface area contributed by atoms with Crippen molar-refractivity contribution in [3.63, 3.8) is 0 Å². The standard InChI is InChI=1S/C14H20N2O2S/c17-19(18)10-7-13(11-19)15-12-3-5-14(6-4-12)16-8-1-2-9-16/h3-6,13,15H,1-2,7-11H2. The lowest BCUT2D eigenvalue weighted by atomic mass is 10.2. The molecule has 1 aromatic carbocycles. The first-order valence-electron chi connectivity index (χ1n) is 6.94. The summed E-state index contributed by atoms with van der Waals surface area (Å²) in [6.07, 6.45) is 3.27. The maximum absolute atomic E-state index is 11.4. The van der Waals surface area contributed by atoms with Crippen molar-refractivity contribution < 1.29 is 8.42 Å². The molecule has 3 rings (SSSR count). The molecule has 1 aromatic rings. The second-order valence-corrected chi connectivity index (χ2v) is 7.71. The molecule has 1 atom stereocenters. The lowest BCUT2D eigenvalue weighted by molar-refractivity contribution is 0.602. The van der Waals surface area contributed by atoms with Crippen LogP contribution in [0.1, 0.15) is 19.3 Å². The van der Waals surface area contributed by atoms with Gasteiger partial charge in [0, 0.05) is 30.5 Å². The van der Waals surface area contributed by atoms with Gasteiger partial charge in [0.1, 0.15) is 0 Å². The quantitative estimate of drug-likeness (QED) is 0.918. The third-order valence-corrected chi connectivity index (χ3v) is 5.71. The van der Waals surface area contributed by atoms with Crippen LogP contribution < -0.4 is 10.2 Å². The van der Waals surface area contributed by atoms with Crippen molar-refractivity contribution in [1.29, 1.82) is 0 Å². The van der Waals surface area contributed by atoms with Crippen molar-refractivity contribution in [3.8, 4) is 0 Å². The third-order valence-electron chi connectivity index (χ3n) is 3.94. The molecular weight excluding hydrogens is 260 g/mol.